The summed E-state index contributed by atoms with van der Waals surface area (Å²) in [4.78, 5) is 13.0. The number of aryl methyl sites for hydroxylation is 1. The van der Waals surface area contributed by atoms with Crippen molar-refractivity contribution in [1.82, 2.24) is 4.31 Å². The molecular weight excluding hydrogens is 485 g/mol. The molecule has 0 unspecified atom stereocenters. The van der Waals surface area contributed by atoms with Crippen LogP contribution in [0.2, 0.25) is 0 Å². The Bertz CT molecular complexity index is 1020. The Morgan fingerprint density at radius 2 is 1.66 bits per heavy atom. The smallest absolute Gasteiger partial charge is 0.243 e. The number of hydrogen-bond donors (Lipinski definition) is 0. The number of carbonyl (C=O) groups is 1. The van der Waals surface area contributed by atoms with Gasteiger partial charge in [-0.3, -0.25) is 4.79 Å². The molecule has 0 aliphatic carbocycles. The van der Waals surface area contributed by atoms with E-state index in [-0.39, 0.29) is 16.7 Å². The monoisotopic (exact) mass is 513 g/mol. The van der Waals surface area contributed by atoms with Gasteiger partial charge in [0.1, 0.15) is 0 Å². The van der Waals surface area contributed by atoms with Crippen molar-refractivity contribution in [2.75, 3.05) is 0 Å². The predicted molar refractivity (Wildman–Crippen MR) is 136 cm³/mol. The van der Waals surface area contributed by atoms with Crippen LogP contribution >= 0.6 is 35.0 Å². The maximum Gasteiger partial charge on any atom is 0.243 e. The molecule has 0 radical (unpaired) electrons. The highest BCUT2D eigenvalue weighted by Gasteiger charge is 2.47. The van der Waals surface area contributed by atoms with E-state index < -0.39 is 31.4 Å². The number of benzene rings is 2. The molecule has 0 aliphatic rings. The Morgan fingerprint density at radius 3 is 2.16 bits per heavy atom. The van der Waals surface area contributed by atoms with Crippen molar-refractivity contribution in [1.29, 1.82) is 0 Å². The highest BCUT2D eigenvalue weighted by molar-refractivity contribution is 8.14. The van der Waals surface area contributed by atoms with Gasteiger partial charge in [-0.1, -0.05) is 103 Å². The molecule has 0 heterocycles. The number of sulfonamides is 1. The largest absolute Gasteiger partial charge is 0.284 e. The Labute approximate surface area is 206 Å². The minimum Gasteiger partial charge on any atom is -0.284 e. The molecule has 8 heteroatoms. The van der Waals surface area contributed by atoms with Gasteiger partial charge in [-0.25, -0.2) is 8.42 Å². The van der Waals surface area contributed by atoms with Gasteiger partial charge >= 0.3 is 0 Å². The van der Waals surface area contributed by atoms with E-state index in [1.807, 2.05) is 51.1 Å². The lowest BCUT2D eigenvalue weighted by Crippen LogP contribution is -2.49. The van der Waals surface area contributed by atoms with Crippen LogP contribution in [0.4, 0.5) is 0 Å². The van der Waals surface area contributed by atoms with E-state index in [9.17, 15) is 13.2 Å². The van der Waals surface area contributed by atoms with Crippen LogP contribution in [0, 0.1) is 12.8 Å². The zero-order valence-corrected chi connectivity index (χ0v) is 21.8. The standard InChI is InChI=1S/C24H29Cl2NO3S2/c1-6-22(24(25,26)23(28)31-17(2)3)19(5)27(16-20-10-8-7-9-11-20)32(29,30)21-14-12-18(4)13-15-21/h6-15,17,19,22H,1,16H2,2-5H3/t19-,22+/m0/s1. The molecule has 0 N–H and O–H groups in total. The lowest BCUT2D eigenvalue weighted by molar-refractivity contribution is -0.112. The Balaban J connectivity index is 2.53. The second-order valence-corrected chi connectivity index (χ2v) is 12.8. The van der Waals surface area contributed by atoms with Crippen molar-refractivity contribution >= 4 is 50.1 Å². The predicted octanol–water partition coefficient (Wildman–Crippen LogP) is 6.22. The van der Waals surface area contributed by atoms with Crippen LogP contribution in [-0.4, -0.2) is 33.5 Å². The molecule has 0 spiro atoms. The van der Waals surface area contributed by atoms with Gasteiger partial charge in [0.05, 0.1) is 4.90 Å². The third-order valence-corrected chi connectivity index (χ3v) is 9.10. The first-order valence-electron chi connectivity index (χ1n) is 10.2. The molecular formula is C24H29Cl2NO3S2. The zero-order chi connectivity index (χ0) is 24.1. The summed E-state index contributed by atoms with van der Waals surface area (Å²) in [6.07, 6.45) is 1.46. The average Bonchev–Trinajstić information content (AvgIpc) is 2.72. The van der Waals surface area contributed by atoms with E-state index in [1.165, 1.54) is 10.4 Å². The maximum atomic E-state index is 13.7. The second kappa shape index (κ2) is 11.2. The van der Waals surface area contributed by atoms with Crippen LogP contribution < -0.4 is 0 Å². The summed E-state index contributed by atoms with van der Waals surface area (Å²) in [5.41, 5.74) is 1.75. The average molecular weight is 515 g/mol. The first-order valence-corrected chi connectivity index (χ1v) is 13.3. The molecule has 2 aromatic rings. The van der Waals surface area contributed by atoms with Gasteiger partial charge in [-0.05, 0) is 31.5 Å². The molecule has 0 saturated heterocycles. The molecule has 0 amide bonds. The van der Waals surface area contributed by atoms with Crippen LogP contribution in [0.1, 0.15) is 31.9 Å². The quantitative estimate of drug-likeness (QED) is 0.279. The van der Waals surface area contributed by atoms with E-state index in [1.54, 1.807) is 31.2 Å². The number of halogens is 2. The van der Waals surface area contributed by atoms with Crippen molar-refractivity contribution in [2.45, 2.75) is 54.8 Å². The van der Waals surface area contributed by atoms with Crippen LogP contribution in [0.15, 0.2) is 72.1 Å². The fourth-order valence-electron chi connectivity index (χ4n) is 3.31. The second-order valence-electron chi connectivity index (χ2n) is 7.93. The van der Waals surface area contributed by atoms with E-state index in [0.717, 1.165) is 22.9 Å². The summed E-state index contributed by atoms with van der Waals surface area (Å²) in [5.74, 6) is -0.839. The molecule has 2 atom stereocenters. The molecule has 0 aromatic heterocycles. The van der Waals surface area contributed by atoms with Gasteiger partial charge in [0.25, 0.3) is 0 Å². The van der Waals surface area contributed by atoms with Crippen molar-refractivity contribution in [3.8, 4) is 0 Å². The highest BCUT2D eigenvalue weighted by Crippen LogP contribution is 2.41. The number of nitrogens with zero attached hydrogens (tertiary/aromatic N) is 1. The van der Waals surface area contributed by atoms with Crippen molar-refractivity contribution in [2.24, 2.45) is 5.92 Å². The number of alkyl halides is 2. The molecule has 0 fully saturated rings. The van der Waals surface area contributed by atoms with Gasteiger partial charge in [-0.2, -0.15) is 4.31 Å². The number of hydrogen-bond acceptors (Lipinski definition) is 4. The molecule has 32 heavy (non-hydrogen) atoms. The third kappa shape index (κ3) is 6.39. The Hall–Kier alpha value is -1.31. The summed E-state index contributed by atoms with van der Waals surface area (Å²) in [5, 5.41) is -0.447. The number of thioether (sulfide) groups is 1. The summed E-state index contributed by atoms with van der Waals surface area (Å²) in [6.45, 7) is 11.2. The Morgan fingerprint density at radius 1 is 1.09 bits per heavy atom. The zero-order valence-electron chi connectivity index (χ0n) is 18.7. The van der Waals surface area contributed by atoms with Crippen molar-refractivity contribution < 1.29 is 13.2 Å². The summed E-state index contributed by atoms with van der Waals surface area (Å²) < 4.78 is 26.9. The van der Waals surface area contributed by atoms with E-state index >= 15 is 0 Å². The van der Waals surface area contributed by atoms with Gasteiger partial charge in [0.15, 0.2) is 4.33 Å². The molecule has 2 aromatic carbocycles. The van der Waals surface area contributed by atoms with E-state index in [4.69, 9.17) is 23.2 Å². The van der Waals surface area contributed by atoms with E-state index in [0.29, 0.717) is 0 Å². The number of carbonyl (C=O) groups excluding carboxylic acids is 1. The minimum absolute atomic E-state index is 0.0168. The molecule has 0 aliphatic heterocycles. The van der Waals surface area contributed by atoms with Gasteiger partial charge in [0.2, 0.25) is 15.1 Å². The molecule has 0 saturated carbocycles. The molecule has 2 rings (SSSR count). The lowest BCUT2D eigenvalue weighted by atomic mass is 9.96. The van der Waals surface area contributed by atoms with Crippen LogP contribution in [0.25, 0.3) is 0 Å². The topological polar surface area (TPSA) is 54.5 Å². The molecule has 4 nitrogen and oxygen atoms in total. The van der Waals surface area contributed by atoms with Crippen molar-refractivity contribution in [3.63, 3.8) is 0 Å². The normalized spacial score (nSPS) is 14.4. The Kier molecular flexibility index (Phi) is 9.44. The number of rotatable bonds is 10. The highest BCUT2D eigenvalue weighted by atomic mass is 35.5. The minimum atomic E-state index is -3.93. The summed E-state index contributed by atoms with van der Waals surface area (Å²) in [6, 6.07) is 15.2. The van der Waals surface area contributed by atoms with Gasteiger partial charge < -0.3 is 0 Å². The fraction of sp³-hybridized carbons (Fsp3) is 0.375. The first-order chi connectivity index (χ1) is 14.9. The third-order valence-electron chi connectivity index (χ3n) is 5.07. The summed E-state index contributed by atoms with van der Waals surface area (Å²) in [7, 11) is -3.93. The first kappa shape index (κ1) is 26.9. The van der Waals surface area contributed by atoms with Crippen LogP contribution in [0.5, 0.6) is 0 Å². The lowest BCUT2D eigenvalue weighted by Gasteiger charge is -2.37. The van der Waals surface area contributed by atoms with Crippen molar-refractivity contribution in [3.05, 3.63) is 78.4 Å². The molecule has 0 bridgehead atoms. The van der Waals surface area contributed by atoms with E-state index in [2.05, 4.69) is 6.58 Å². The fourth-order valence-corrected chi connectivity index (χ4v) is 6.48. The summed E-state index contributed by atoms with van der Waals surface area (Å²) >= 11 is 14.1. The van der Waals surface area contributed by atoms with Gasteiger partial charge in [-0.15, -0.1) is 6.58 Å². The van der Waals surface area contributed by atoms with Crippen LogP contribution in [-0.2, 0) is 21.4 Å². The maximum absolute atomic E-state index is 13.7. The van der Waals surface area contributed by atoms with Gasteiger partial charge in [0, 0.05) is 23.8 Å². The SMILES string of the molecule is C=C[C@H]([C@H](C)N(Cc1ccccc1)S(=O)(=O)c1ccc(C)cc1)C(Cl)(Cl)C(=O)SC(C)C. The van der Waals surface area contributed by atoms with Crippen LogP contribution in [0.3, 0.4) is 0 Å². The molecule has 174 valence electrons.